The number of nitrogens with zero attached hydrogens (tertiary/aromatic N) is 4. The van der Waals surface area contributed by atoms with Crippen LogP contribution in [-0.2, 0) is 6.54 Å². The second-order valence-corrected chi connectivity index (χ2v) is 6.53. The molecule has 0 bridgehead atoms. The highest BCUT2D eigenvalue weighted by Crippen LogP contribution is 2.25. The van der Waals surface area contributed by atoms with Gasteiger partial charge in [-0.25, -0.2) is 13.5 Å². The molecule has 0 saturated carbocycles. The van der Waals surface area contributed by atoms with Gasteiger partial charge < -0.3 is 15.3 Å². The molecule has 1 fully saturated rings. The number of benzene rings is 1. The third-order valence-corrected chi connectivity index (χ3v) is 4.60. The molecule has 0 aliphatic carbocycles. The highest BCUT2D eigenvalue weighted by atomic mass is 19.2. The van der Waals surface area contributed by atoms with Crippen LogP contribution in [0.15, 0.2) is 24.4 Å². The number of nitrogens with one attached hydrogen (secondary N) is 1. The number of aromatic nitrogens is 3. The Kier molecular flexibility index (Phi) is 5.17. The van der Waals surface area contributed by atoms with Crippen LogP contribution in [0.1, 0.15) is 33.7 Å². The summed E-state index contributed by atoms with van der Waals surface area (Å²) in [5.74, 6) is -2.88. The molecule has 2 heterocycles. The van der Waals surface area contributed by atoms with E-state index >= 15 is 0 Å². The second kappa shape index (κ2) is 7.39. The maximum absolute atomic E-state index is 13.3. The number of aliphatic hydroxyl groups is 1. The molecule has 10 heteroatoms. The lowest BCUT2D eigenvalue weighted by Crippen LogP contribution is -2.48. The van der Waals surface area contributed by atoms with Gasteiger partial charge in [0.2, 0.25) is 0 Å². The van der Waals surface area contributed by atoms with E-state index in [0.29, 0.717) is 0 Å². The SMILES string of the molecule is CNC(=O)c1cn(CC2(O)CCN(C(=O)c3ccc(F)c(F)c3)CC2)nn1. The first-order chi connectivity index (χ1) is 12.8. The maximum Gasteiger partial charge on any atom is 0.273 e. The molecule has 3 rings (SSSR count). The van der Waals surface area contributed by atoms with E-state index in [9.17, 15) is 23.5 Å². The monoisotopic (exact) mass is 379 g/mol. The number of likely N-dealkylation sites (tertiary alicyclic amines) is 1. The summed E-state index contributed by atoms with van der Waals surface area (Å²) < 4.78 is 27.7. The van der Waals surface area contributed by atoms with Crippen molar-refractivity contribution in [2.75, 3.05) is 20.1 Å². The van der Waals surface area contributed by atoms with Crippen LogP contribution < -0.4 is 5.32 Å². The lowest BCUT2D eigenvalue weighted by molar-refractivity contribution is -0.0318. The zero-order valence-electron chi connectivity index (χ0n) is 14.7. The third kappa shape index (κ3) is 4.11. The number of amides is 2. The number of carbonyl (C=O) groups excluding carboxylic acids is 2. The molecule has 1 aromatic carbocycles. The van der Waals surface area contributed by atoms with E-state index in [0.717, 1.165) is 12.1 Å². The molecule has 2 N–H and O–H groups in total. The first-order valence-electron chi connectivity index (χ1n) is 8.40. The Bertz CT molecular complexity index is 862. The Balaban J connectivity index is 1.61. The number of hydrogen-bond donors (Lipinski definition) is 2. The molecule has 1 aromatic heterocycles. The predicted molar refractivity (Wildman–Crippen MR) is 89.9 cm³/mol. The van der Waals surface area contributed by atoms with Gasteiger partial charge in [0.1, 0.15) is 0 Å². The molecule has 2 amide bonds. The average molecular weight is 379 g/mol. The minimum absolute atomic E-state index is 0.0610. The van der Waals surface area contributed by atoms with Crippen LogP contribution >= 0.6 is 0 Å². The zero-order chi connectivity index (χ0) is 19.6. The smallest absolute Gasteiger partial charge is 0.273 e. The van der Waals surface area contributed by atoms with Crippen molar-refractivity contribution in [2.45, 2.75) is 25.0 Å². The molecule has 144 valence electrons. The van der Waals surface area contributed by atoms with E-state index in [-0.39, 0.29) is 49.6 Å². The largest absolute Gasteiger partial charge is 0.388 e. The van der Waals surface area contributed by atoms with Crippen molar-refractivity contribution in [1.29, 1.82) is 0 Å². The predicted octanol–water partition coefficient (Wildman–Crippen LogP) is 0.583. The van der Waals surface area contributed by atoms with Gasteiger partial charge in [0.05, 0.1) is 18.3 Å². The maximum atomic E-state index is 13.3. The van der Waals surface area contributed by atoms with Gasteiger partial charge in [0.25, 0.3) is 11.8 Å². The molecule has 2 aromatic rings. The number of rotatable bonds is 4. The molecule has 0 spiro atoms. The summed E-state index contributed by atoms with van der Waals surface area (Å²) in [7, 11) is 1.48. The van der Waals surface area contributed by atoms with Crippen molar-refractivity contribution in [3.63, 3.8) is 0 Å². The van der Waals surface area contributed by atoms with E-state index in [1.807, 2.05) is 0 Å². The number of carbonyl (C=O) groups is 2. The number of halogens is 2. The Morgan fingerprint density at radius 2 is 1.96 bits per heavy atom. The van der Waals surface area contributed by atoms with Gasteiger partial charge in [-0.15, -0.1) is 5.10 Å². The number of piperidine rings is 1. The van der Waals surface area contributed by atoms with Crippen LogP contribution in [0.5, 0.6) is 0 Å². The standard InChI is InChI=1S/C17H19F2N5O3/c1-20-15(25)14-9-24(22-21-14)10-17(27)4-6-23(7-5-17)16(26)11-2-3-12(18)13(19)8-11/h2-3,8-9,27H,4-7,10H2,1H3,(H,20,25). The van der Waals surface area contributed by atoms with E-state index in [1.54, 1.807) is 0 Å². The second-order valence-electron chi connectivity index (χ2n) is 6.53. The summed E-state index contributed by atoms with van der Waals surface area (Å²) in [6.07, 6.45) is 1.99. The molecular formula is C17H19F2N5O3. The Labute approximate surface area is 153 Å². The van der Waals surface area contributed by atoms with Gasteiger partial charge in [0.15, 0.2) is 17.3 Å². The van der Waals surface area contributed by atoms with Crippen molar-refractivity contribution < 1.29 is 23.5 Å². The van der Waals surface area contributed by atoms with Crippen LogP contribution in [0.3, 0.4) is 0 Å². The van der Waals surface area contributed by atoms with Crippen LogP contribution in [0, 0.1) is 11.6 Å². The molecule has 1 aliphatic heterocycles. The number of hydrogen-bond acceptors (Lipinski definition) is 5. The van der Waals surface area contributed by atoms with Gasteiger partial charge >= 0.3 is 0 Å². The molecule has 1 saturated heterocycles. The van der Waals surface area contributed by atoms with Gasteiger partial charge in [-0.2, -0.15) is 0 Å². The fraction of sp³-hybridized carbons (Fsp3) is 0.412. The minimum Gasteiger partial charge on any atom is -0.388 e. The quantitative estimate of drug-likeness (QED) is 0.810. The van der Waals surface area contributed by atoms with Crippen molar-refractivity contribution in [2.24, 2.45) is 0 Å². The Morgan fingerprint density at radius 1 is 1.26 bits per heavy atom. The van der Waals surface area contributed by atoms with Crippen molar-refractivity contribution in [3.05, 3.63) is 47.3 Å². The van der Waals surface area contributed by atoms with Crippen LogP contribution in [0.25, 0.3) is 0 Å². The molecule has 27 heavy (non-hydrogen) atoms. The van der Waals surface area contributed by atoms with E-state index in [1.165, 1.54) is 28.9 Å². The first-order valence-corrected chi connectivity index (χ1v) is 8.40. The Morgan fingerprint density at radius 3 is 2.59 bits per heavy atom. The third-order valence-electron chi connectivity index (χ3n) is 4.60. The van der Waals surface area contributed by atoms with Crippen LogP contribution in [0.2, 0.25) is 0 Å². The first kappa shape index (κ1) is 18.9. The summed E-state index contributed by atoms with van der Waals surface area (Å²) >= 11 is 0. The summed E-state index contributed by atoms with van der Waals surface area (Å²) in [5.41, 5.74) is -0.906. The van der Waals surface area contributed by atoms with Crippen molar-refractivity contribution in [1.82, 2.24) is 25.2 Å². The van der Waals surface area contributed by atoms with Gasteiger partial charge in [-0.1, -0.05) is 5.21 Å². The fourth-order valence-electron chi connectivity index (χ4n) is 3.01. The topological polar surface area (TPSA) is 100 Å². The molecule has 0 radical (unpaired) electrons. The van der Waals surface area contributed by atoms with Crippen molar-refractivity contribution >= 4 is 11.8 Å². The minimum atomic E-state index is -1.11. The van der Waals surface area contributed by atoms with Gasteiger partial charge in [-0.3, -0.25) is 9.59 Å². The highest BCUT2D eigenvalue weighted by molar-refractivity contribution is 5.94. The van der Waals surface area contributed by atoms with Gasteiger partial charge in [0, 0.05) is 25.7 Å². The highest BCUT2D eigenvalue weighted by Gasteiger charge is 2.35. The zero-order valence-corrected chi connectivity index (χ0v) is 14.7. The molecule has 8 nitrogen and oxygen atoms in total. The van der Waals surface area contributed by atoms with Crippen LogP contribution in [-0.4, -0.2) is 62.6 Å². The average Bonchev–Trinajstić information content (AvgIpc) is 3.11. The normalized spacial score (nSPS) is 16.2. The summed E-state index contributed by atoms with van der Waals surface area (Å²) in [6.45, 7) is 0.640. The van der Waals surface area contributed by atoms with E-state index < -0.39 is 23.1 Å². The molecule has 0 unspecified atom stereocenters. The lowest BCUT2D eigenvalue weighted by Gasteiger charge is -2.38. The molecular weight excluding hydrogens is 360 g/mol. The van der Waals surface area contributed by atoms with Gasteiger partial charge in [-0.05, 0) is 31.0 Å². The summed E-state index contributed by atoms with van der Waals surface area (Å²) in [5, 5.41) is 20.8. The fourth-order valence-corrected chi connectivity index (χ4v) is 3.01. The summed E-state index contributed by atoms with van der Waals surface area (Å²) in [4.78, 5) is 25.4. The van der Waals surface area contributed by atoms with Crippen molar-refractivity contribution in [3.8, 4) is 0 Å². The Hall–Kier alpha value is -2.88. The van der Waals surface area contributed by atoms with Crippen LogP contribution in [0.4, 0.5) is 8.78 Å². The van der Waals surface area contributed by atoms with E-state index in [2.05, 4.69) is 15.6 Å². The molecule has 1 aliphatic rings. The van der Waals surface area contributed by atoms with E-state index in [4.69, 9.17) is 0 Å². The molecule has 0 atom stereocenters. The summed E-state index contributed by atoms with van der Waals surface area (Å²) in [6, 6.07) is 3.02. The lowest BCUT2D eigenvalue weighted by atomic mass is 9.91.